The van der Waals surface area contributed by atoms with E-state index >= 15 is 0 Å². The highest BCUT2D eigenvalue weighted by atomic mass is 16.4. The Morgan fingerprint density at radius 1 is 1.50 bits per heavy atom. The molecule has 0 bridgehead atoms. The summed E-state index contributed by atoms with van der Waals surface area (Å²) >= 11 is 0. The van der Waals surface area contributed by atoms with E-state index in [-0.39, 0.29) is 5.92 Å². The Morgan fingerprint density at radius 2 is 2.07 bits per heavy atom. The molecule has 0 amide bonds. The summed E-state index contributed by atoms with van der Waals surface area (Å²) in [5.74, 6) is -0.913. The summed E-state index contributed by atoms with van der Waals surface area (Å²) in [6.45, 7) is 2.00. The molecule has 3 nitrogen and oxygen atoms in total. The maximum absolute atomic E-state index is 10.8. The lowest BCUT2D eigenvalue weighted by molar-refractivity contribution is -0.139. The molecular formula is C11H13NO2. The molecule has 3 heteroatoms. The van der Waals surface area contributed by atoms with Crippen molar-refractivity contribution >= 4 is 5.97 Å². The fourth-order valence-corrected chi connectivity index (χ4v) is 1.73. The number of rotatable bonds is 2. The molecule has 1 aliphatic rings. The molecule has 0 aliphatic heterocycles. The highest BCUT2D eigenvalue weighted by molar-refractivity contribution is 5.84. The summed E-state index contributed by atoms with van der Waals surface area (Å²) in [5.41, 5.74) is 6.89. The van der Waals surface area contributed by atoms with Crippen LogP contribution in [-0.4, -0.2) is 16.6 Å². The van der Waals surface area contributed by atoms with Crippen molar-refractivity contribution in [2.24, 2.45) is 5.73 Å². The fourth-order valence-electron chi connectivity index (χ4n) is 1.73. The third kappa shape index (κ3) is 1.30. The lowest BCUT2D eigenvalue weighted by atomic mass is 10.1. The molecule has 0 aromatic heterocycles. The van der Waals surface area contributed by atoms with E-state index in [1.165, 1.54) is 5.56 Å². The first-order chi connectivity index (χ1) is 6.54. The maximum Gasteiger partial charge on any atom is 0.324 e. The average Bonchev–Trinajstić information content (AvgIpc) is 2.81. The van der Waals surface area contributed by atoms with E-state index in [0.29, 0.717) is 6.42 Å². The minimum Gasteiger partial charge on any atom is -0.480 e. The van der Waals surface area contributed by atoms with Gasteiger partial charge in [-0.2, -0.15) is 0 Å². The summed E-state index contributed by atoms with van der Waals surface area (Å²) in [4.78, 5) is 10.8. The molecule has 2 rings (SSSR count). The van der Waals surface area contributed by atoms with E-state index in [9.17, 15) is 4.79 Å². The van der Waals surface area contributed by atoms with Crippen LogP contribution in [0.25, 0.3) is 0 Å². The Labute approximate surface area is 82.5 Å². The van der Waals surface area contributed by atoms with Crippen molar-refractivity contribution < 1.29 is 9.90 Å². The van der Waals surface area contributed by atoms with E-state index in [0.717, 1.165) is 5.56 Å². The second-order valence-corrected chi connectivity index (χ2v) is 4.01. The van der Waals surface area contributed by atoms with Gasteiger partial charge in [-0.15, -0.1) is 0 Å². The van der Waals surface area contributed by atoms with Gasteiger partial charge in [0.15, 0.2) is 0 Å². The van der Waals surface area contributed by atoms with Crippen LogP contribution in [0.4, 0.5) is 0 Å². The highest BCUT2D eigenvalue weighted by Crippen LogP contribution is 2.49. The smallest absolute Gasteiger partial charge is 0.324 e. The third-order valence-electron chi connectivity index (χ3n) is 2.88. The zero-order valence-corrected chi connectivity index (χ0v) is 8.03. The number of carboxylic acids is 1. The normalized spacial score (nSPS) is 30.0. The summed E-state index contributed by atoms with van der Waals surface area (Å²) in [6, 6.07) is 7.88. The monoisotopic (exact) mass is 191 g/mol. The first-order valence-electron chi connectivity index (χ1n) is 4.63. The molecule has 0 heterocycles. The molecule has 3 N–H and O–H groups in total. The first kappa shape index (κ1) is 9.21. The molecule has 1 saturated carbocycles. The molecule has 1 aromatic rings. The van der Waals surface area contributed by atoms with Crippen molar-refractivity contribution in [1.82, 2.24) is 0 Å². The number of hydrogen-bond donors (Lipinski definition) is 2. The predicted molar refractivity (Wildman–Crippen MR) is 53.1 cm³/mol. The maximum atomic E-state index is 10.8. The zero-order valence-electron chi connectivity index (χ0n) is 8.03. The predicted octanol–water partition coefficient (Wildman–Crippen LogP) is 1.26. The number of aliphatic carboxylic acids is 1. The lowest BCUT2D eigenvalue weighted by Crippen LogP contribution is -2.34. The van der Waals surface area contributed by atoms with Gasteiger partial charge in [0.25, 0.3) is 0 Å². The Bertz CT molecular complexity index is 371. The molecule has 0 spiro atoms. The largest absolute Gasteiger partial charge is 0.480 e. The van der Waals surface area contributed by atoms with Crippen LogP contribution >= 0.6 is 0 Å². The molecule has 0 saturated heterocycles. The van der Waals surface area contributed by atoms with Crippen molar-refractivity contribution in [3.8, 4) is 0 Å². The van der Waals surface area contributed by atoms with Crippen molar-refractivity contribution in [2.45, 2.75) is 24.8 Å². The van der Waals surface area contributed by atoms with Crippen LogP contribution in [0, 0.1) is 6.92 Å². The second-order valence-electron chi connectivity index (χ2n) is 4.01. The van der Waals surface area contributed by atoms with Gasteiger partial charge >= 0.3 is 5.97 Å². The van der Waals surface area contributed by atoms with Crippen LogP contribution in [-0.2, 0) is 4.79 Å². The number of hydrogen-bond acceptors (Lipinski definition) is 2. The Balaban J connectivity index is 2.21. The zero-order chi connectivity index (χ0) is 10.3. The van der Waals surface area contributed by atoms with Crippen LogP contribution in [0.1, 0.15) is 23.5 Å². The van der Waals surface area contributed by atoms with Gasteiger partial charge in [-0.05, 0) is 18.9 Å². The van der Waals surface area contributed by atoms with Crippen LogP contribution in [0.5, 0.6) is 0 Å². The van der Waals surface area contributed by atoms with Crippen molar-refractivity contribution in [1.29, 1.82) is 0 Å². The highest BCUT2D eigenvalue weighted by Gasteiger charge is 2.58. The van der Waals surface area contributed by atoms with Gasteiger partial charge in [-0.3, -0.25) is 4.79 Å². The number of aryl methyl sites for hydroxylation is 1. The van der Waals surface area contributed by atoms with Crippen molar-refractivity contribution in [3.05, 3.63) is 35.4 Å². The van der Waals surface area contributed by atoms with Gasteiger partial charge < -0.3 is 10.8 Å². The van der Waals surface area contributed by atoms with Gasteiger partial charge in [-0.1, -0.05) is 29.8 Å². The van der Waals surface area contributed by atoms with Gasteiger partial charge in [0.05, 0.1) is 0 Å². The van der Waals surface area contributed by atoms with Gasteiger partial charge in [-0.25, -0.2) is 0 Å². The summed E-state index contributed by atoms with van der Waals surface area (Å²) in [5, 5.41) is 8.87. The molecule has 74 valence electrons. The summed E-state index contributed by atoms with van der Waals surface area (Å²) < 4.78 is 0. The Morgan fingerprint density at radius 3 is 2.50 bits per heavy atom. The van der Waals surface area contributed by atoms with E-state index in [4.69, 9.17) is 10.8 Å². The van der Waals surface area contributed by atoms with Gasteiger partial charge in [0.1, 0.15) is 5.54 Å². The lowest BCUT2D eigenvalue weighted by Gasteiger charge is -2.05. The SMILES string of the molecule is Cc1ccc([C@H]2C[C@@]2(N)C(=O)O)cc1. The van der Waals surface area contributed by atoms with Crippen LogP contribution in [0.3, 0.4) is 0 Å². The van der Waals surface area contributed by atoms with E-state index < -0.39 is 11.5 Å². The minimum absolute atomic E-state index is 0.0133. The molecule has 2 atom stereocenters. The van der Waals surface area contributed by atoms with Crippen LogP contribution < -0.4 is 5.73 Å². The van der Waals surface area contributed by atoms with E-state index in [1.807, 2.05) is 31.2 Å². The number of nitrogens with two attached hydrogens (primary N) is 1. The van der Waals surface area contributed by atoms with Crippen LogP contribution in [0.15, 0.2) is 24.3 Å². The average molecular weight is 191 g/mol. The molecule has 1 aliphatic carbocycles. The molecule has 0 unspecified atom stereocenters. The van der Waals surface area contributed by atoms with Crippen LogP contribution in [0.2, 0.25) is 0 Å². The molecule has 1 aromatic carbocycles. The molecule has 0 radical (unpaired) electrons. The van der Waals surface area contributed by atoms with E-state index in [1.54, 1.807) is 0 Å². The molecular weight excluding hydrogens is 178 g/mol. The van der Waals surface area contributed by atoms with Crippen molar-refractivity contribution in [2.75, 3.05) is 0 Å². The topological polar surface area (TPSA) is 63.3 Å². The summed E-state index contributed by atoms with van der Waals surface area (Å²) in [6.07, 6.45) is 0.547. The fraction of sp³-hybridized carbons (Fsp3) is 0.364. The molecule has 1 fully saturated rings. The Hall–Kier alpha value is -1.35. The number of carboxylic acid groups (broad SMARTS) is 1. The molecule has 14 heavy (non-hydrogen) atoms. The summed E-state index contributed by atoms with van der Waals surface area (Å²) in [7, 11) is 0. The minimum atomic E-state index is -1.02. The van der Waals surface area contributed by atoms with Gasteiger partial charge in [0.2, 0.25) is 0 Å². The van der Waals surface area contributed by atoms with Crippen molar-refractivity contribution in [3.63, 3.8) is 0 Å². The first-order valence-corrected chi connectivity index (χ1v) is 4.63. The standard InChI is InChI=1S/C11H13NO2/c1-7-2-4-8(5-3-7)9-6-11(9,12)10(13)14/h2-5,9H,6,12H2,1H3,(H,13,14)/t9-,11+/m1/s1. The second kappa shape index (κ2) is 2.82. The number of carbonyl (C=O) groups is 1. The quantitative estimate of drug-likeness (QED) is 0.739. The van der Waals surface area contributed by atoms with Gasteiger partial charge in [0, 0.05) is 5.92 Å². The third-order valence-corrected chi connectivity index (χ3v) is 2.88. The Kier molecular flexibility index (Phi) is 1.86. The number of benzene rings is 1. The van der Waals surface area contributed by atoms with E-state index in [2.05, 4.69) is 0 Å².